The predicted molar refractivity (Wildman–Crippen MR) is 77.1 cm³/mol. The molecular formula is C14H20BrNO3. The summed E-state index contributed by atoms with van der Waals surface area (Å²) in [5.41, 5.74) is 1.21. The summed E-state index contributed by atoms with van der Waals surface area (Å²) in [5, 5.41) is 0. The highest BCUT2D eigenvalue weighted by Crippen LogP contribution is 2.24. The third kappa shape index (κ3) is 4.26. The molecule has 2 rings (SSSR count). The Balaban J connectivity index is 1.95. The van der Waals surface area contributed by atoms with Crippen molar-refractivity contribution in [3.63, 3.8) is 0 Å². The summed E-state index contributed by atoms with van der Waals surface area (Å²) in [4.78, 5) is 2.31. The maximum absolute atomic E-state index is 5.84. The van der Waals surface area contributed by atoms with Gasteiger partial charge in [0.15, 0.2) is 6.29 Å². The van der Waals surface area contributed by atoms with E-state index < -0.39 is 0 Å². The van der Waals surface area contributed by atoms with Gasteiger partial charge in [-0.3, -0.25) is 4.90 Å². The van der Waals surface area contributed by atoms with Gasteiger partial charge < -0.3 is 14.2 Å². The summed E-state index contributed by atoms with van der Waals surface area (Å²) >= 11 is 3.45. The smallest absolute Gasteiger partial charge is 0.169 e. The average molecular weight is 330 g/mol. The van der Waals surface area contributed by atoms with E-state index in [9.17, 15) is 0 Å². The van der Waals surface area contributed by atoms with Gasteiger partial charge in [0, 0.05) is 38.3 Å². The molecule has 1 heterocycles. The second kappa shape index (κ2) is 7.36. The number of nitrogens with zero attached hydrogens (tertiary/aromatic N) is 1. The Morgan fingerprint density at radius 1 is 1.32 bits per heavy atom. The van der Waals surface area contributed by atoms with Gasteiger partial charge >= 0.3 is 0 Å². The Bertz CT molecular complexity index is 381. The van der Waals surface area contributed by atoms with Crippen molar-refractivity contribution in [1.29, 1.82) is 0 Å². The molecule has 106 valence electrons. The van der Waals surface area contributed by atoms with Gasteiger partial charge in [-0.05, 0) is 17.7 Å². The fraction of sp³-hybridized carbons (Fsp3) is 0.571. The molecule has 0 N–H and O–H groups in total. The minimum absolute atomic E-state index is 0.121. The number of methoxy groups -OCH3 is 2. The highest BCUT2D eigenvalue weighted by atomic mass is 79.9. The van der Waals surface area contributed by atoms with E-state index in [-0.39, 0.29) is 12.4 Å². The normalized spacial score (nSPS) is 20.9. The highest BCUT2D eigenvalue weighted by Gasteiger charge is 2.23. The molecule has 0 aliphatic carbocycles. The van der Waals surface area contributed by atoms with Crippen molar-refractivity contribution in [2.75, 3.05) is 40.5 Å². The molecule has 0 unspecified atom stereocenters. The molecule has 1 aromatic rings. The molecule has 5 heteroatoms. The molecular weight excluding hydrogens is 310 g/mol. The fourth-order valence-corrected chi connectivity index (χ4v) is 2.47. The fourth-order valence-electron chi connectivity index (χ4n) is 2.20. The maximum Gasteiger partial charge on any atom is 0.169 e. The SMILES string of the molecule is COC(CN1CCO[C@@H](c2ccc(Br)cc2)C1)OC. The van der Waals surface area contributed by atoms with Crippen LogP contribution in [0.1, 0.15) is 11.7 Å². The molecule has 1 fully saturated rings. The summed E-state index contributed by atoms with van der Waals surface area (Å²) in [5.74, 6) is 0. The zero-order chi connectivity index (χ0) is 13.7. The van der Waals surface area contributed by atoms with E-state index in [1.807, 2.05) is 12.1 Å². The summed E-state index contributed by atoms with van der Waals surface area (Å²) in [6.45, 7) is 3.28. The molecule has 0 saturated carbocycles. The van der Waals surface area contributed by atoms with E-state index in [1.165, 1.54) is 5.56 Å². The van der Waals surface area contributed by atoms with Gasteiger partial charge in [-0.15, -0.1) is 0 Å². The van der Waals surface area contributed by atoms with Crippen LogP contribution < -0.4 is 0 Å². The Kier molecular flexibility index (Phi) is 5.78. The third-order valence-corrected chi connectivity index (χ3v) is 3.85. The molecule has 1 aliphatic heterocycles. The van der Waals surface area contributed by atoms with E-state index in [2.05, 4.69) is 33.0 Å². The lowest BCUT2D eigenvalue weighted by molar-refractivity contribution is -0.131. The van der Waals surface area contributed by atoms with Crippen LogP contribution in [0.15, 0.2) is 28.7 Å². The lowest BCUT2D eigenvalue weighted by atomic mass is 10.1. The number of hydrogen-bond donors (Lipinski definition) is 0. The number of ether oxygens (including phenoxy) is 3. The Labute approximate surface area is 122 Å². The van der Waals surface area contributed by atoms with E-state index in [0.717, 1.165) is 30.7 Å². The highest BCUT2D eigenvalue weighted by molar-refractivity contribution is 9.10. The quantitative estimate of drug-likeness (QED) is 0.776. The van der Waals surface area contributed by atoms with Crippen LogP contribution in [0.25, 0.3) is 0 Å². The van der Waals surface area contributed by atoms with Crippen LogP contribution in [0.2, 0.25) is 0 Å². The van der Waals surface area contributed by atoms with Gasteiger partial charge in [-0.2, -0.15) is 0 Å². The summed E-state index contributed by atoms with van der Waals surface area (Å²) in [7, 11) is 3.33. The second-order valence-electron chi connectivity index (χ2n) is 4.57. The molecule has 19 heavy (non-hydrogen) atoms. The van der Waals surface area contributed by atoms with Crippen molar-refractivity contribution in [3.05, 3.63) is 34.3 Å². The predicted octanol–water partition coefficient (Wildman–Crippen LogP) is 2.44. The molecule has 0 aromatic heterocycles. The van der Waals surface area contributed by atoms with Gasteiger partial charge in [0.25, 0.3) is 0 Å². The molecule has 1 saturated heterocycles. The molecule has 0 spiro atoms. The molecule has 4 nitrogen and oxygen atoms in total. The molecule has 0 amide bonds. The largest absolute Gasteiger partial charge is 0.371 e. The number of benzene rings is 1. The average Bonchev–Trinajstić information content (AvgIpc) is 2.46. The van der Waals surface area contributed by atoms with Gasteiger partial charge in [0.1, 0.15) is 0 Å². The summed E-state index contributed by atoms with van der Waals surface area (Å²) in [6, 6.07) is 8.29. The van der Waals surface area contributed by atoms with Crippen molar-refractivity contribution in [1.82, 2.24) is 4.90 Å². The van der Waals surface area contributed by atoms with Gasteiger partial charge in [0.2, 0.25) is 0 Å². The first-order valence-corrected chi connectivity index (χ1v) is 7.17. The summed E-state index contributed by atoms with van der Waals surface area (Å²) < 4.78 is 17.4. The molecule has 1 aromatic carbocycles. The van der Waals surface area contributed by atoms with Gasteiger partial charge in [-0.1, -0.05) is 28.1 Å². The topological polar surface area (TPSA) is 30.9 Å². The maximum atomic E-state index is 5.84. The molecule has 0 bridgehead atoms. The first-order chi connectivity index (χ1) is 9.22. The first kappa shape index (κ1) is 14.9. The lowest BCUT2D eigenvalue weighted by Gasteiger charge is -2.34. The number of halogens is 1. The van der Waals surface area contributed by atoms with Crippen molar-refractivity contribution >= 4 is 15.9 Å². The van der Waals surface area contributed by atoms with E-state index in [4.69, 9.17) is 14.2 Å². The zero-order valence-corrected chi connectivity index (χ0v) is 12.9. The second-order valence-corrected chi connectivity index (χ2v) is 5.49. The van der Waals surface area contributed by atoms with E-state index in [0.29, 0.717) is 0 Å². The van der Waals surface area contributed by atoms with Gasteiger partial charge in [-0.25, -0.2) is 0 Å². The number of morpholine rings is 1. The number of hydrogen-bond acceptors (Lipinski definition) is 4. The summed E-state index contributed by atoms with van der Waals surface area (Å²) in [6.07, 6.45) is -0.0557. The van der Waals surface area contributed by atoms with Crippen LogP contribution in [0, 0.1) is 0 Å². The minimum Gasteiger partial charge on any atom is -0.371 e. The van der Waals surface area contributed by atoms with Crippen molar-refractivity contribution in [3.8, 4) is 0 Å². The standard InChI is InChI=1S/C14H20BrNO3/c1-17-14(18-2)10-16-7-8-19-13(9-16)11-3-5-12(15)6-4-11/h3-6,13-14H,7-10H2,1-2H3/t13-/m1/s1. The Morgan fingerprint density at radius 3 is 2.63 bits per heavy atom. The van der Waals surface area contributed by atoms with Crippen LogP contribution in [-0.2, 0) is 14.2 Å². The van der Waals surface area contributed by atoms with Crippen molar-refractivity contribution in [2.24, 2.45) is 0 Å². The van der Waals surface area contributed by atoms with Crippen LogP contribution in [0.4, 0.5) is 0 Å². The van der Waals surface area contributed by atoms with Crippen molar-refractivity contribution < 1.29 is 14.2 Å². The van der Waals surface area contributed by atoms with Crippen LogP contribution >= 0.6 is 15.9 Å². The minimum atomic E-state index is -0.177. The number of rotatable bonds is 5. The molecule has 0 radical (unpaired) electrons. The monoisotopic (exact) mass is 329 g/mol. The molecule has 1 atom stereocenters. The van der Waals surface area contributed by atoms with Crippen LogP contribution in [0.3, 0.4) is 0 Å². The molecule has 1 aliphatic rings. The third-order valence-electron chi connectivity index (χ3n) is 3.33. The van der Waals surface area contributed by atoms with Crippen molar-refractivity contribution in [2.45, 2.75) is 12.4 Å². The zero-order valence-electron chi connectivity index (χ0n) is 11.3. The van der Waals surface area contributed by atoms with Crippen LogP contribution in [-0.4, -0.2) is 51.7 Å². The van der Waals surface area contributed by atoms with E-state index >= 15 is 0 Å². The lowest BCUT2D eigenvalue weighted by Crippen LogP contribution is -2.43. The van der Waals surface area contributed by atoms with Gasteiger partial charge in [0.05, 0.1) is 12.7 Å². The first-order valence-electron chi connectivity index (χ1n) is 6.38. The van der Waals surface area contributed by atoms with Crippen LogP contribution in [0.5, 0.6) is 0 Å². The Hall–Kier alpha value is -0.460. The Morgan fingerprint density at radius 2 is 2.00 bits per heavy atom. The van der Waals surface area contributed by atoms with E-state index in [1.54, 1.807) is 14.2 Å².